The smallest absolute Gasteiger partial charge is 0.0647 e. The van der Waals surface area contributed by atoms with Gasteiger partial charge in [-0.15, -0.1) is 0 Å². The highest BCUT2D eigenvalue weighted by Gasteiger charge is 2.47. The van der Waals surface area contributed by atoms with Gasteiger partial charge in [0.2, 0.25) is 0 Å². The largest absolute Gasteiger partial charge is 0.402 e. The van der Waals surface area contributed by atoms with E-state index >= 15 is 0 Å². The molecule has 2 aliphatic rings. The summed E-state index contributed by atoms with van der Waals surface area (Å²) in [5.74, 6) is 1.34. The summed E-state index contributed by atoms with van der Waals surface area (Å²) in [6.45, 7) is 0. The lowest BCUT2D eigenvalue weighted by Crippen LogP contribution is -2.50. The number of allylic oxidation sites excluding steroid dienone is 1. The minimum Gasteiger partial charge on any atom is -0.402 e. The first kappa shape index (κ1) is 5.30. The van der Waals surface area contributed by atoms with Gasteiger partial charge in [0, 0.05) is 24.6 Å². The van der Waals surface area contributed by atoms with E-state index in [1.807, 2.05) is 0 Å². The standard InChI is InChI=1S/C7H11NO/c1-9-7-3-4-5(7)2-6(4)8/h2,4-5,7H,3,8H2,1H3/t4-,5?,7?/m0/s1. The molecule has 0 saturated heterocycles. The van der Waals surface area contributed by atoms with Crippen molar-refractivity contribution < 1.29 is 4.74 Å². The molecular weight excluding hydrogens is 114 g/mol. The molecule has 1 saturated carbocycles. The van der Waals surface area contributed by atoms with E-state index in [-0.39, 0.29) is 0 Å². The van der Waals surface area contributed by atoms with Gasteiger partial charge in [0.1, 0.15) is 0 Å². The average Bonchev–Trinajstić information content (AvgIpc) is 1.83. The van der Waals surface area contributed by atoms with Crippen LogP contribution in [-0.2, 0) is 4.74 Å². The molecule has 1 fully saturated rings. The lowest BCUT2D eigenvalue weighted by molar-refractivity contribution is -0.0438. The van der Waals surface area contributed by atoms with Crippen molar-refractivity contribution >= 4 is 0 Å². The van der Waals surface area contributed by atoms with Gasteiger partial charge in [-0.25, -0.2) is 0 Å². The van der Waals surface area contributed by atoms with Crippen LogP contribution in [0.3, 0.4) is 0 Å². The second kappa shape index (κ2) is 1.51. The van der Waals surface area contributed by atoms with Crippen LogP contribution in [0.25, 0.3) is 0 Å². The third-order valence-corrected chi connectivity index (χ3v) is 2.50. The molecule has 0 bridgehead atoms. The minimum absolute atomic E-state index is 0.474. The first-order valence-electron chi connectivity index (χ1n) is 3.33. The predicted octanol–water partition coefficient (Wildman–Crippen LogP) is 0.494. The Labute approximate surface area is 54.7 Å². The van der Waals surface area contributed by atoms with E-state index in [0.717, 1.165) is 12.1 Å². The number of hydrogen-bond donors (Lipinski definition) is 1. The molecule has 0 spiro atoms. The quantitative estimate of drug-likeness (QED) is 0.553. The Morgan fingerprint density at radius 1 is 1.78 bits per heavy atom. The maximum atomic E-state index is 5.59. The Kier molecular flexibility index (Phi) is 0.887. The zero-order valence-corrected chi connectivity index (χ0v) is 5.50. The number of nitrogens with two attached hydrogens (primary N) is 1. The Bertz CT molecular complexity index is 164. The first-order valence-corrected chi connectivity index (χ1v) is 3.33. The number of ether oxygens (including phenoxy) is 1. The van der Waals surface area contributed by atoms with E-state index in [0.29, 0.717) is 17.9 Å². The van der Waals surface area contributed by atoms with Crippen molar-refractivity contribution in [1.82, 2.24) is 0 Å². The van der Waals surface area contributed by atoms with Gasteiger partial charge in [0.25, 0.3) is 0 Å². The van der Waals surface area contributed by atoms with Crippen molar-refractivity contribution in [2.45, 2.75) is 12.5 Å². The summed E-state index contributed by atoms with van der Waals surface area (Å²) in [5, 5.41) is 0. The van der Waals surface area contributed by atoms with E-state index in [1.165, 1.54) is 0 Å². The molecule has 2 N–H and O–H groups in total. The first-order chi connectivity index (χ1) is 4.33. The van der Waals surface area contributed by atoms with Crippen molar-refractivity contribution in [2.24, 2.45) is 17.6 Å². The monoisotopic (exact) mass is 125 g/mol. The van der Waals surface area contributed by atoms with Crippen LogP contribution in [0.1, 0.15) is 6.42 Å². The van der Waals surface area contributed by atoms with Crippen LogP contribution < -0.4 is 5.73 Å². The molecule has 0 radical (unpaired) electrons. The van der Waals surface area contributed by atoms with E-state index < -0.39 is 0 Å². The van der Waals surface area contributed by atoms with Crippen molar-refractivity contribution in [2.75, 3.05) is 7.11 Å². The van der Waals surface area contributed by atoms with Gasteiger partial charge in [-0.2, -0.15) is 0 Å². The normalized spacial score (nSPS) is 46.3. The highest BCUT2D eigenvalue weighted by molar-refractivity contribution is 5.27. The molecular formula is C7H11NO. The van der Waals surface area contributed by atoms with Crippen molar-refractivity contribution in [3.8, 4) is 0 Å². The molecule has 2 aliphatic carbocycles. The molecule has 0 aromatic carbocycles. The molecule has 0 amide bonds. The van der Waals surface area contributed by atoms with Gasteiger partial charge in [-0.3, -0.25) is 0 Å². The maximum Gasteiger partial charge on any atom is 0.0647 e. The average molecular weight is 125 g/mol. The number of hydrogen-bond acceptors (Lipinski definition) is 2. The van der Waals surface area contributed by atoms with Crippen molar-refractivity contribution in [3.63, 3.8) is 0 Å². The third-order valence-electron chi connectivity index (χ3n) is 2.50. The van der Waals surface area contributed by atoms with E-state index in [2.05, 4.69) is 6.08 Å². The van der Waals surface area contributed by atoms with Crippen LogP contribution in [0.15, 0.2) is 11.8 Å². The van der Waals surface area contributed by atoms with Gasteiger partial charge in [-0.05, 0) is 6.42 Å². The summed E-state index contributed by atoms with van der Waals surface area (Å²) < 4.78 is 5.17. The third kappa shape index (κ3) is 0.491. The van der Waals surface area contributed by atoms with Gasteiger partial charge >= 0.3 is 0 Å². The Morgan fingerprint density at radius 2 is 2.56 bits per heavy atom. The molecule has 2 unspecified atom stereocenters. The highest BCUT2D eigenvalue weighted by atomic mass is 16.5. The minimum atomic E-state index is 0.474. The summed E-state index contributed by atoms with van der Waals surface area (Å²) in [6, 6.07) is 0. The molecule has 2 heteroatoms. The van der Waals surface area contributed by atoms with Crippen LogP contribution in [0.5, 0.6) is 0 Å². The zero-order chi connectivity index (χ0) is 6.43. The van der Waals surface area contributed by atoms with Gasteiger partial charge in [0.05, 0.1) is 6.10 Å². The van der Waals surface area contributed by atoms with Crippen LogP contribution in [-0.4, -0.2) is 13.2 Å². The summed E-state index contributed by atoms with van der Waals surface area (Å²) in [4.78, 5) is 0. The maximum absolute atomic E-state index is 5.59. The fraction of sp³-hybridized carbons (Fsp3) is 0.714. The molecule has 0 aliphatic heterocycles. The molecule has 2 nitrogen and oxygen atoms in total. The van der Waals surface area contributed by atoms with Crippen LogP contribution in [0, 0.1) is 11.8 Å². The van der Waals surface area contributed by atoms with Crippen LogP contribution in [0.4, 0.5) is 0 Å². The lowest BCUT2D eigenvalue weighted by Gasteiger charge is -2.49. The fourth-order valence-corrected chi connectivity index (χ4v) is 1.69. The topological polar surface area (TPSA) is 35.2 Å². The molecule has 2 rings (SSSR count). The molecule has 9 heavy (non-hydrogen) atoms. The van der Waals surface area contributed by atoms with E-state index in [4.69, 9.17) is 10.5 Å². The summed E-state index contributed by atoms with van der Waals surface area (Å²) >= 11 is 0. The molecule has 3 atom stereocenters. The number of fused-ring (bicyclic) bond motifs is 1. The Morgan fingerprint density at radius 3 is 2.89 bits per heavy atom. The Balaban J connectivity index is 2.02. The highest BCUT2D eigenvalue weighted by Crippen LogP contribution is 2.48. The molecule has 0 aromatic heterocycles. The van der Waals surface area contributed by atoms with Gasteiger partial charge < -0.3 is 10.5 Å². The molecule has 0 heterocycles. The van der Waals surface area contributed by atoms with E-state index in [1.54, 1.807) is 7.11 Å². The van der Waals surface area contributed by atoms with Crippen molar-refractivity contribution in [1.29, 1.82) is 0 Å². The van der Waals surface area contributed by atoms with Crippen molar-refractivity contribution in [3.05, 3.63) is 11.8 Å². The second-order valence-corrected chi connectivity index (χ2v) is 2.86. The lowest BCUT2D eigenvalue weighted by atomic mass is 9.61. The fourth-order valence-electron chi connectivity index (χ4n) is 1.69. The van der Waals surface area contributed by atoms with Gasteiger partial charge in [0.15, 0.2) is 0 Å². The summed E-state index contributed by atoms with van der Waals surface area (Å²) in [6.07, 6.45) is 3.73. The second-order valence-electron chi connectivity index (χ2n) is 2.86. The Hall–Kier alpha value is -0.500. The summed E-state index contributed by atoms with van der Waals surface area (Å²) in [5.41, 5.74) is 6.66. The van der Waals surface area contributed by atoms with E-state index in [9.17, 15) is 0 Å². The number of methoxy groups -OCH3 is 1. The van der Waals surface area contributed by atoms with Gasteiger partial charge in [-0.1, -0.05) is 6.08 Å². The van der Waals surface area contributed by atoms with Crippen LogP contribution in [0.2, 0.25) is 0 Å². The SMILES string of the molecule is COC1C[C@@H]2C(N)=CC12. The number of rotatable bonds is 1. The molecule has 50 valence electrons. The molecule has 0 aromatic rings. The zero-order valence-electron chi connectivity index (χ0n) is 5.50. The predicted molar refractivity (Wildman–Crippen MR) is 34.7 cm³/mol. The summed E-state index contributed by atoms with van der Waals surface area (Å²) in [7, 11) is 1.77. The van der Waals surface area contributed by atoms with Crippen LogP contribution >= 0.6 is 0 Å².